The molecule has 0 amide bonds. The minimum atomic E-state index is -0.263. The second kappa shape index (κ2) is 4.95. The molecule has 0 aliphatic carbocycles. The van der Waals surface area contributed by atoms with Crippen LogP contribution in [0.5, 0.6) is 0 Å². The molecule has 0 aromatic heterocycles. The zero-order valence-electron chi connectivity index (χ0n) is 3.38. The Morgan fingerprint density at radius 1 is 1.00 bits per heavy atom. The van der Waals surface area contributed by atoms with E-state index in [9.17, 15) is 0 Å². The number of hydrogen-bond donors (Lipinski definition) is 0. The Bertz CT molecular complexity index is 11.6. The second-order valence-corrected chi connectivity index (χ2v) is 7.61. The Hall–Kier alpha value is 0.947. The fourth-order valence-electron chi connectivity index (χ4n) is 0. The summed E-state index contributed by atoms with van der Waals surface area (Å²) in [5, 5.41) is 0. The van der Waals surface area contributed by atoms with Crippen molar-refractivity contribution in [2.45, 2.75) is 0 Å². The summed E-state index contributed by atoms with van der Waals surface area (Å²) in [6.45, 7) is 0. The summed E-state index contributed by atoms with van der Waals surface area (Å²) in [6.07, 6.45) is 0. The van der Waals surface area contributed by atoms with Gasteiger partial charge in [0, 0.05) is 0 Å². The van der Waals surface area contributed by atoms with Crippen LogP contribution in [0.3, 0.4) is 0 Å². The number of halogens is 1. The summed E-state index contributed by atoms with van der Waals surface area (Å²) in [5.41, 5.74) is 0. The summed E-state index contributed by atoms with van der Waals surface area (Å²) in [6, 6.07) is 0. The standard InChI is InChI=1S/C3H9I.H4Si/c1-4(2)3;/h1-3H3;1H4. The van der Waals surface area contributed by atoms with Gasteiger partial charge in [-0.3, -0.25) is 0 Å². The van der Waals surface area contributed by atoms with Gasteiger partial charge in [0.2, 0.25) is 0 Å². The van der Waals surface area contributed by atoms with Crippen molar-refractivity contribution >= 4 is 30.8 Å². The van der Waals surface area contributed by atoms with Crippen molar-refractivity contribution in [3.8, 4) is 0 Å². The average Bonchev–Trinajstić information content (AvgIpc) is 0.811. The van der Waals surface area contributed by atoms with Gasteiger partial charge in [-0.05, 0) is 11.0 Å². The van der Waals surface area contributed by atoms with Crippen molar-refractivity contribution in [3.05, 3.63) is 0 Å². The molecule has 0 bridgehead atoms. The first-order valence-electron chi connectivity index (χ1n) is 1.13. The van der Waals surface area contributed by atoms with Crippen LogP contribution < -0.4 is 0 Å². The van der Waals surface area contributed by atoms with Gasteiger partial charge in [-0.1, -0.05) is 0 Å². The molecule has 0 spiro atoms. The molecule has 0 aliphatic rings. The average molecular weight is 204 g/mol. The molecular formula is C3H13ISi. The van der Waals surface area contributed by atoms with Gasteiger partial charge in [0.15, 0.2) is 0 Å². The monoisotopic (exact) mass is 204 g/mol. The van der Waals surface area contributed by atoms with E-state index in [-0.39, 0.29) is 30.8 Å². The first-order valence-corrected chi connectivity index (χ1v) is 7.61. The Kier molecular flexibility index (Phi) is 9.24. The zero-order chi connectivity index (χ0) is 3.58. The molecule has 36 valence electrons. The molecule has 0 aromatic rings. The molecule has 0 nitrogen and oxygen atoms in total. The van der Waals surface area contributed by atoms with Gasteiger partial charge < -0.3 is 0 Å². The first-order chi connectivity index (χ1) is 1.73. The summed E-state index contributed by atoms with van der Waals surface area (Å²) in [4.78, 5) is 6.97. The van der Waals surface area contributed by atoms with E-state index in [0.29, 0.717) is 0 Å². The Balaban J connectivity index is 0. The number of alkyl halides is 3. The molecule has 0 radical (unpaired) electrons. The van der Waals surface area contributed by atoms with E-state index in [1.54, 1.807) is 0 Å². The third-order valence-corrected chi connectivity index (χ3v) is 0. The van der Waals surface area contributed by atoms with Gasteiger partial charge in [-0.25, -0.2) is 0 Å². The van der Waals surface area contributed by atoms with Crippen molar-refractivity contribution in [2.75, 3.05) is 14.8 Å². The predicted octanol–water partition coefficient (Wildman–Crippen LogP) is -0.0694. The van der Waals surface area contributed by atoms with Crippen LogP contribution in [-0.2, 0) is 0 Å². The summed E-state index contributed by atoms with van der Waals surface area (Å²) >= 11 is -0.263. The van der Waals surface area contributed by atoms with Crippen molar-refractivity contribution in [1.82, 2.24) is 0 Å². The molecule has 0 aromatic carbocycles. The Labute approximate surface area is 45.8 Å². The second-order valence-electron chi connectivity index (χ2n) is 1.13. The summed E-state index contributed by atoms with van der Waals surface area (Å²) in [7, 11) is 0. The number of hydrogen-bond acceptors (Lipinski definition) is 0. The van der Waals surface area contributed by atoms with Gasteiger partial charge in [0.05, 0.1) is 0 Å². The molecule has 0 heterocycles. The van der Waals surface area contributed by atoms with E-state index in [1.165, 1.54) is 0 Å². The molecule has 0 aliphatic heterocycles. The minimum Gasteiger partial charge on any atom is -0.0149 e. The fourth-order valence-corrected chi connectivity index (χ4v) is 0. The Morgan fingerprint density at radius 2 is 1.00 bits per heavy atom. The molecular weight excluding hydrogens is 191 g/mol. The largest absolute Gasteiger partial charge is 0.0149 e. The van der Waals surface area contributed by atoms with Crippen LogP contribution >= 0.6 is 19.8 Å². The molecule has 2 heteroatoms. The van der Waals surface area contributed by atoms with E-state index < -0.39 is 0 Å². The van der Waals surface area contributed by atoms with Crippen LogP contribution in [0.2, 0.25) is 0 Å². The normalized spacial score (nSPS) is 9.00. The van der Waals surface area contributed by atoms with Crippen LogP contribution in [0.4, 0.5) is 0 Å². The van der Waals surface area contributed by atoms with Crippen molar-refractivity contribution in [2.24, 2.45) is 0 Å². The van der Waals surface area contributed by atoms with Gasteiger partial charge in [0.1, 0.15) is 0 Å². The van der Waals surface area contributed by atoms with Crippen molar-refractivity contribution in [3.63, 3.8) is 0 Å². The van der Waals surface area contributed by atoms with E-state index >= 15 is 0 Å². The summed E-state index contributed by atoms with van der Waals surface area (Å²) < 4.78 is 0. The van der Waals surface area contributed by atoms with Crippen molar-refractivity contribution in [1.29, 1.82) is 0 Å². The SMILES string of the molecule is CI(C)C.[SiH4]. The third kappa shape index (κ3) is 47.9. The molecule has 0 saturated heterocycles. The van der Waals surface area contributed by atoms with Gasteiger partial charge in [-0.2, -0.15) is 0 Å². The van der Waals surface area contributed by atoms with Gasteiger partial charge in [-0.15, -0.1) is 0 Å². The van der Waals surface area contributed by atoms with Gasteiger partial charge >= 0.3 is 34.6 Å². The van der Waals surface area contributed by atoms with Crippen LogP contribution in [0.15, 0.2) is 0 Å². The van der Waals surface area contributed by atoms with Crippen LogP contribution in [0.1, 0.15) is 0 Å². The van der Waals surface area contributed by atoms with E-state index in [1.807, 2.05) is 0 Å². The predicted molar refractivity (Wildman–Crippen MR) is 43.1 cm³/mol. The van der Waals surface area contributed by atoms with E-state index in [4.69, 9.17) is 0 Å². The molecule has 0 rings (SSSR count). The third-order valence-electron chi connectivity index (χ3n) is 0. The van der Waals surface area contributed by atoms with Crippen LogP contribution in [0, 0.1) is 0 Å². The summed E-state index contributed by atoms with van der Waals surface area (Å²) in [5.74, 6) is 0. The van der Waals surface area contributed by atoms with E-state index in [2.05, 4.69) is 14.8 Å². The van der Waals surface area contributed by atoms with Gasteiger partial charge in [0.25, 0.3) is 0 Å². The quantitative estimate of drug-likeness (QED) is 0.294. The smallest absolute Gasteiger partial charge is 0.0149 e. The van der Waals surface area contributed by atoms with Crippen LogP contribution in [0.25, 0.3) is 0 Å². The molecule has 5 heavy (non-hydrogen) atoms. The number of rotatable bonds is 0. The minimum absolute atomic E-state index is 0. The van der Waals surface area contributed by atoms with Crippen molar-refractivity contribution < 1.29 is 0 Å². The van der Waals surface area contributed by atoms with Crippen LogP contribution in [-0.4, -0.2) is 25.8 Å². The maximum atomic E-state index is 2.32. The molecule has 0 atom stereocenters. The first kappa shape index (κ1) is 9.34. The molecule has 0 fully saturated rings. The molecule has 0 unspecified atom stereocenters. The molecule has 0 N–H and O–H groups in total. The maximum Gasteiger partial charge on any atom is -0.0149 e. The fraction of sp³-hybridized carbons (Fsp3) is 1.00. The van der Waals surface area contributed by atoms with E-state index in [0.717, 1.165) is 0 Å². The Morgan fingerprint density at radius 3 is 1.00 bits per heavy atom. The maximum absolute atomic E-state index is 2.32. The zero-order valence-corrected chi connectivity index (χ0v) is 5.54. The topological polar surface area (TPSA) is 0 Å². The molecule has 0 saturated carbocycles.